The lowest BCUT2D eigenvalue weighted by Crippen LogP contribution is -2.51. The first-order chi connectivity index (χ1) is 14.8. The summed E-state index contributed by atoms with van der Waals surface area (Å²) < 4.78 is 0.634. The maximum Gasteiger partial charge on any atom is 0.303 e. The zero-order chi connectivity index (χ0) is 23.4. The van der Waals surface area contributed by atoms with Gasteiger partial charge in [-0.15, -0.1) is 6.58 Å². The van der Waals surface area contributed by atoms with Crippen molar-refractivity contribution in [3.63, 3.8) is 0 Å². The summed E-state index contributed by atoms with van der Waals surface area (Å²) in [6.07, 6.45) is 14.4. The molecule has 3 N–H and O–H groups in total. The summed E-state index contributed by atoms with van der Waals surface area (Å²) in [6, 6.07) is 0. The smallest absolute Gasteiger partial charge is 0.303 e. The lowest BCUT2D eigenvalue weighted by Gasteiger charge is -2.39. The minimum absolute atomic E-state index is 0.0870. The van der Waals surface area contributed by atoms with Crippen LogP contribution in [-0.2, 0) is 14.4 Å². The molecule has 0 fully saturated rings. The Hall–Kier alpha value is -1.89. The van der Waals surface area contributed by atoms with Gasteiger partial charge in [-0.3, -0.25) is 14.4 Å². The number of hydrogen-bond donors (Lipinski definition) is 3. The van der Waals surface area contributed by atoms with Crippen molar-refractivity contribution in [2.24, 2.45) is 0 Å². The topological polar surface area (TPSA) is 112 Å². The van der Waals surface area contributed by atoms with Gasteiger partial charge in [-0.1, -0.05) is 38.2 Å². The average molecular weight is 443 g/mol. The molecule has 0 radical (unpaired) electrons. The molecule has 0 heterocycles. The monoisotopic (exact) mass is 442 g/mol. The summed E-state index contributed by atoms with van der Waals surface area (Å²) in [5.74, 6) is -2.49. The quantitative estimate of drug-likeness (QED) is 0.115. The van der Waals surface area contributed by atoms with Gasteiger partial charge in [-0.2, -0.15) is 0 Å². The second-order valence-electron chi connectivity index (χ2n) is 8.63. The van der Waals surface area contributed by atoms with Gasteiger partial charge in [-0.05, 0) is 25.7 Å². The molecule has 7 heteroatoms. The summed E-state index contributed by atoms with van der Waals surface area (Å²) in [6.45, 7) is 6.58. The van der Waals surface area contributed by atoms with Crippen LogP contribution in [-0.4, -0.2) is 63.9 Å². The number of rotatable bonds is 23. The SMILES string of the molecule is C=CCCCCCCCCCC[N+](CCCC(=O)O)(CCCC(=O)O)CCCC(=O)O. The third kappa shape index (κ3) is 18.6. The van der Waals surface area contributed by atoms with Gasteiger partial charge in [0.05, 0.1) is 45.4 Å². The molecular weight excluding hydrogens is 398 g/mol. The van der Waals surface area contributed by atoms with Crippen molar-refractivity contribution in [3.05, 3.63) is 12.7 Å². The van der Waals surface area contributed by atoms with Gasteiger partial charge in [0.1, 0.15) is 0 Å². The highest BCUT2D eigenvalue weighted by Crippen LogP contribution is 2.18. The van der Waals surface area contributed by atoms with Gasteiger partial charge in [0.15, 0.2) is 0 Å². The number of nitrogens with zero attached hydrogens (tertiary/aromatic N) is 1. The summed E-state index contributed by atoms with van der Waals surface area (Å²) in [5.41, 5.74) is 0. The van der Waals surface area contributed by atoms with E-state index in [0.717, 1.165) is 25.8 Å². The molecule has 0 atom stereocenters. The number of aliphatic carboxylic acids is 3. The van der Waals surface area contributed by atoms with Crippen molar-refractivity contribution < 1.29 is 34.2 Å². The Morgan fingerprint density at radius 1 is 0.548 bits per heavy atom. The molecule has 7 nitrogen and oxygen atoms in total. The molecular formula is C24H44NO6+. The van der Waals surface area contributed by atoms with Gasteiger partial charge >= 0.3 is 17.9 Å². The molecule has 0 aromatic carbocycles. The third-order valence-corrected chi connectivity index (χ3v) is 5.86. The summed E-state index contributed by atoms with van der Waals surface area (Å²) in [7, 11) is 0. The maximum absolute atomic E-state index is 11.0. The number of carbonyl (C=O) groups is 3. The number of unbranched alkanes of at least 4 members (excludes halogenated alkanes) is 8. The molecule has 0 bridgehead atoms. The highest BCUT2D eigenvalue weighted by molar-refractivity contribution is 5.67. The van der Waals surface area contributed by atoms with E-state index >= 15 is 0 Å². The van der Waals surface area contributed by atoms with Gasteiger partial charge in [0.25, 0.3) is 0 Å². The van der Waals surface area contributed by atoms with Gasteiger partial charge in [-0.25, -0.2) is 0 Å². The van der Waals surface area contributed by atoms with Gasteiger partial charge < -0.3 is 19.8 Å². The van der Waals surface area contributed by atoms with E-state index in [1.54, 1.807) is 0 Å². The van der Waals surface area contributed by atoms with Crippen LogP contribution in [0.25, 0.3) is 0 Å². The van der Waals surface area contributed by atoms with E-state index in [-0.39, 0.29) is 19.3 Å². The summed E-state index contributed by atoms with van der Waals surface area (Å²) in [5, 5.41) is 27.0. The number of carboxylic acid groups (broad SMARTS) is 3. The highest BCUT2D eigenvalue weighted by Gasteiger charge is 2.27. The van der Waals surface area contributed by atoms with E-state index in [1.807, 2.05) is 6.08 Å². The molecule has 0 saturated heterocycles. The molecule has 31 heavy (non-hydrogen) atoms. The van der Waals surface area contributed by atoms with Crippen LogP contribution in [0, 0.1) is 0 Å². The summed E-state index contributed by atoms with van der Waals surface area (Å²) in [4.78, 5) is 32.9. The molecule has 0 aromatic rings. The van der Waals surface area contributed by atoms with Crippen LogP contribution in [0.15, 0.2) is 12.7 Å². The van der Waals surface area contributed by atoms with Crippen molar-refractivity contribution in [2.45, 2.75) is 96.3 Å². The fraction of sp³-hybridized carbons (Fsp3) is 0.792. The van der Waals surface area contributed by atoms with Crippen molar-refractivity contribution >= 4 is 17.9 Å². The lowest BCUT2D eigenvalue weighted by atomic mass is 10.1. The summed E-state index contributed by atoms with van der Waals surface area (Å²) >= 11 is 0. The molecule has 0 unspecified atom stereocenters. The zero-order valence-corrected chi connectivity index (χ0v) is 19.2. The molecule has 0 amide bonds. The fourth-order valence-electron chi connectivity index (χ4n) is 4.16. The Bertz CT molecular complexity index is 470. The predicted octanol–water partition coefficient (Wildman–Crippen LogP) is 5.09. The van der Waals surface area contributed by atoms with E-state index < -0.39 is 17.9 Å². The first kappa shape index (κ1) is 29.1. The van der Waals surface area contributed by atoms with Crippen LogP contribution >= 0.6 is 0 Å². The largest absolute Gasteiger partial charge is 0.481 e. The van der Waals surface area contributed by atoms with E-state index in [9.17, 15) is 14.4 Å². The van der Waals surface area contributed by atoms with Crippen LogP contribution in [0.4, 0.5) is 0 Å². The molecule has 0 aromatic heterocycles. The van der Waals surface area contributed by atoms with Gasteiger partial charge in [0, 0.05) is 19.3 Å². The minimum Gasteiger partial charge on any atom is -0.481 e. The van der Waals surface area contributed by atoms with E-state index in [4.69, 9.17) is 15.3 Å². The van der Waals surface area contributed by atoms with E-state index in [0.29, 0.717) is 43.4 Å². The van der Waals surface area contributed by atoms with Crippen LogP contribution in [0.2, 0.25) is 0 Å². The Balaban J connectivity index is 4.61. The lowest BCUT2D eigenvalue weighted by molar-refractivity contribution is -0.929. The van der Waals surface area contributed by atoms with Crippen LogP contribution < -0.4 is 0 Å². The Morgan fingerprint density at radius 2 is 0.871 bits per heavy atom. The van der Waals surface area contributed by atoms with Crippen LogP contribution in [0.1, 0.15) is 96.3 Å². The molecule has 180 valence electrons. The molecule has 0 aliphatic carbocycles. The van der Waals surface area contributed by atoms with Gasteiger partial charge in [0.2, 0.25) is 0 Å². The Morgan fingerprint density at radius 3 is 1.23 bits per heavy atom. The molecule has 0 saturated carbocycles. The first-order valence-electron chi connectivity index (χ1n) is 11.9. The first-order valence-corrected chi connectivity index (χ1v) is 11.9. The van der Waals surface area contributed by atoms with E-state index in [1.165, 1.54) is 38.5 Å². The van der Waals surface area contributed by atoms with Crippen molar-refractivity contribution in [1.82, 2.24) is 0 Å². The zero-order valence-electron chi connectivity index (χ0n) is 19.2. The Labute approximate surface area is 187 Å². The van der Waals surface area contributed by atoms with Crippen LogP contribution in [0.5, 0.6) is 0 Å². The molecule has 0 aliphatic rings. The number of carboxylic acids is 3. The third-order valence-electron chi connectivity index (χ3n) is 5.86. The standard InChI is InChI=1S/C24H43NO6/c1-2-3-4-5-6-7-8-9-10-11-18-25(19-12-15-22(26)27,20-13-16-23(28)29)21-14-17-24(30)31/h2H,1,3-21H2,(H2-,26,27,28,29,30,31)/p+1. The minimum atomic E-state index is -0.831. The van der Waals surface area contributed by atoms with E-state index in [2.05, 4.69) is 6.58 Å². The fourth-order valence-corrected chi connectivity index (χ4v) is 4.16. The normalized spacial score (nSPS) is 11.4. The average Bonchev–Trinajstić information content (AvgIpc) is 2.68. The molecule has 0 rings (SSSR count). The van der Waals surface area contributed by atoms with Crippen molar-refractivity contribution in [2.75, 3.05) is 26.2 Å². The molecule has 0 spiro atoms. The number of hydrogen-bond acceptors (Lipinski definition) is 3. The highest BCUT2D eigenvalue weighted by atomic mass is 16.4. The van der Waals surface area contributed by atoms with Crippen molar-refractivity contribution in [1.29, 1.82) is 0 Å². The van der Waals surface area contributed by atoms with Crippen molar-refractivity contribution in [3.8, 4) is 0 Å². The van der Waals surface area contributed by atoms with Crippen LogP contribution in [0.3, 0.4) is 0 Å². The Kier molecular flexibility index (Phi) is 17.7. The second-order valence-corrected chi connectivity index (χ2v) is 8.63. The predicted molar refractivity (Wildman–Crippen MR) is 122 cm³/mol. The number of allylic oxidation sites excluding steroid dienone is 1. The maximum atomic E-state index is 11.0. The second kappa shape index (κ2) is 18.8. The number of quaternary nitrogens is 1. The molecule has 0 aliphatic heterocycles.